The molecule has 0 aromatic heterocycles. The van der Waals surface area contributed by atoms with Gasteiger partial charge in [-0.15, -0.1) is 12.6 Å². The van der Waals surface area contributed by atoms with Crippen LogP contribution in [0, 0.1) is 5.82 Å². The topological polar surface area (TPSA) is 0 Å². The summed E-state index contributed by atoms with van der Waals surface area (Å²) in [6.07, 6.45) is 3.34. The van der Waals surface area contributed by atoms with Crippen LogP contribution in [-0.2, 0) is 0 Å². The molecule has 0 spiro atoms. The van der Waals surface area contributed by atoms with Gasteiger partial charge in [-0.2, -0.15) is 0 Å². The van der Waals surface area contributed by atoms with Gasteiger partial charge in [0.1, 0.15) is 5.82 Å². The molecule has 0 atom stereocenters. The van der Waals surface area contributed by atoms with E-state index in [1.807, 2.05) is 24.3 Å². The molecular formula is C17H15FS. The van der Waals surface area contributed by atoms with E-state index in [1.165, 1.54) is 35.3 Å². The third-order valence-corrected chi connectivity index (χ3v) is 3.92. The van der Waals surface area contributed by atoms with Gasteiger partial charge in [-0.05, 0) is 65.8 Å². The first-order valence-electron chi connectivity index (χ1n) is 6.51. The van der Waals surface area contributed by atoms with Crippen LogP contribution in [0.1, 0.15) is 30.4 Å². The minimum Gasteiger partial charge on any atom is -0.207 e. The molecule has 1 aliphatic rings. The molecule has 0 radical (unpaired) electrons. The van der Waals surface area contributed by atoms with Gasteiger partial charge in [0.05, 0.1) is 0 Å². The second-order valence-electron chi connectivity index (χ2n) is 4.86. The summed E-state index contributed by atoms with van der Waals surface area (Å²) in [5, 5.41) is 0. The van der Waals surface area contributed by atoms with E-state index in [2.05, 4.69) is 24.8 Å². The van der Waals surface area contributed by atoms with Crippen LogP contribution in [0.3, 0.4) is 0 Å². The minimum atomic E-state index is -0.177. The van der Waals surface area contributed by atoms with Crippen LogP contribution < -0.4 is 0 Å². The second-order valence-corrected chi connectivity index (χ2v) is 5.38. The molecule has 96 valence electrons. The number of benzene rings is 2. The summed E-state index contributed by atoms with van der Waals surface area (Å²) in [5.41, 5.74) is 5.14. The van der Waals surface area contributed by atoms with Crippen LogP contribution in [0.4, 0.5) is 4.39 Å². The van der Waals surface area contributed by atoms with Crippen molar-refractivity contribution in [1.29, 1.82) is 0 Å². The molecule has 2 heteroatoms. The number of hydrogen-bond donors (Lipinski definition) is 1. The average Bonchev–Trinajstić information content (AvgIpc) is 2.90. The van der Waals surface area contributed by atoms with Crippen molar-refractivity contribution in [3.8, 4) is 0 Å². The lowest BCUT2D eigenvalue weighted by Gasteiger charge is -2.08. The molecule has 2 aromatic carbocycles. The zero-order chi connectivity index (χ0) is 13.2. The van der Waals surface area contributed by atoms with Crippen LogP contribution in [0.5, 0.6) is 0 Å². The Balaban J connectivity index is 2.04. The van der Waals surface area contributed by atoms with E-state index >= 15 is 0 Å². The number of halogens is 1. The van der Waals surface area contributed by atoms with E-state index in [0.717, 1.165) is 23.3 Å². The van der Waals surface area contributed by atoms with E-state index in [4.69, 9.17) is 0 Å². The highest BCUT2D eigenvalue weighted by molar-refractivity contribution is 7.80. The summed E-state index contributed by atoms with van der Waals surface area (Å²) >= 11 is 4.32. The molecule has 0 nitrogen and oxygen atoms in total. The Hall–Kier alpha value is -1.54. The predicted molar refractivity (Wildman–Crippen MR) is 80.8 cm³/mol. The molecule has 0 saturated carbocycles. The van der Waals surface area contributed by atoms with E-state index < -0.39 is 0 Å². The first-order chi connectivity index (χ1) is 9.24. The number of hydrogen-bond acceptors (Lipinski definition) is 1. The molecule has 0 unspecified atom stereocenters. The molecule has 0 amide bonds. The lowest BCUT2D eigenvalue weighted by Crippen LogP contribution is -1.87. The van der Waals surface area contributed by atoms with Crippen molar-refractivity contribution >= 4 is 23.8 Å². The van der Waals surface area contributed by atoms with Crippen LogP contribution in [0.2, 0.25) is 0 Å². The monoisotopic (exact) mass is 270 g/mol. The van der Waals surface area contributed by atoms with Crippen LogP contribution in [0.25, 0.3) is 11.1 Å². The summed E-state index contributed by atoms with van der Waals surface area (Å²) in [6.45, 7) is 0. The van der Waals surface area contributed by atoms with E-state index in [1.54, 1.807) is 0 Å². The molecule has 0 N–H and O–H groups in total. The maximum absolute atomic E-state index is 13.0. The van der Waals surface area contributed by atoms with Gasteiger partial charge in [0.15, 0.2) is 0 Å². The minimum absolute atomic E-state index is 0.177. The normalized spacial score (nSPS) is 15.1. The van der Waals surface area contributed by atoms with Crippen molar-refractivity contribution in [3.63, 3.8) is 0 Å². The Morgan fingerprint density at radius 2 is 1.21 bits per heavy atom. The molecule has 2 aromatic rings. The van der Waals surface area contributed by atoms with Gasteiger partial charge in [0.25, 0.3) is 0 Å². The molecule has 0 aliphatic heterocycles. The van der Waals surface area contributed by atoms with Gasteiger partial charge in [0.2, 0.25) is 0 Å². The summed E-state index contributed by atoms with van der Waals surface area (Å²) in [4.78, 5) is 0.977. The molecule has 0 heterocycles. The third kappa shape index (κ3) is 2.59. The Morgan fingerprint density at radius 1 is 0.737 bits per heavy atom. The van der Waals surface area contributed by atoms with Crippen LogP contribution in [0.15, 0.2) is 53.4 Å². The Kier molecular flexibility index (Phi) is 3.43. The molecule has 0 saturated heterocycles. The zero-order valence-electron chi connectivity index (χ0n) is 10.6. The molecule has 1 aliphatic carbocycles. The largest absolute Gasteiger partial charge is 0.207 e. The molecule has 0 fully saturated rings. The van der Waals surface area contributed by atoms with Crippen molar-refractivity contribution < 1.29 is 4.39 Å². The lowest BCUT2D eigenvalue weighted by atomic mass is 9.97. The van der Waals surface area contributed by atoms with Crippen molar-refractivity contribution in [2.75, 3.05) is 0 Å². The summed E-state index contributed by atoms with van der Waals surface area (Å²) in [6, 6.07) is 15.1. The van der Waals surface area contributed by atoms with Crippen LogP contribution in [-0.4, -0.2) is 0 Å². The Morgan fingerprint density at radius 3 is 1.74 bits per heavy atom. The van der Waals surface area contributed by atoms with Gasteiger partial charge in [-0.25, -0.2) is 4.39 Å². The SMILES string of the molecule is Fc1ccc(C2=C(c3ccc(S)cc3)CCC2)cc1. The fraction of sp³-hybridized carbons (Fsp3) is 0.176. The van der Waals surface area contributed by atoms with Crippen molar-refractivity contribution in [1.82, 2.24) is 0 Å². The highest BCUT2D eigenvalue weighted by Gasteiger charge is 2.17. The Labute approximate surface area is 118 Å². The second kappa shape index (κ2) is 5.22. The maximum Gasteiger partial charge on any atom is 0.123 e. The standard InChI is InChI=1S/C17H15FS/c18-14-8-4-12(5-9-14)16-2-1-3-17(16)13-6-10-15(19)11-7-13/h4-11,19H,1-3H2. The smallest absolute Gasteiger partial charge is 0.123 e. The van der Waals surface area contributed by atoms with Crippen LogP contribution >= 0.6 is 12.6 Å². The maximum atomic E-state index is 13.0. The fourth-order valence-corrected chi connectivity index (χ4v) is 2.84. The number of thiol groups is 1. The first kappa shape index (κ1) is 12.5. The highest BCUT2D eigenvalue weighted by Crippen LogP contribution is 2.39. The first-order valence-corrected chi connectivity index (χ1v) is 6.96. The zero-order valence-corrected chi connectivity index (χ0v) is 11.5. The predicted octanol–water partition coefficient (Wildman–Crippen LogP) is 5.21. The van der Waals surface area contributed by atoms with E-state index in [-0.39, 0.29) is 5.82 Å². The molecule has 3 rings (SSSR count). The van der Waals surface area contributed by atoms with Gasteiger partial charge in [-0.3, -0.25) is 0 Å². The average molecular weight is 270 g/mol. The highest BCUT2D eigenvalue weighted by atomic mass is 32.1. The van der Waals surface area contributed by atoms with Gasteiger partial charge in [-0.1, -0.05) is 24.3 Å². The lowest BCUT2D eigenvalue weighted by molar-refractivity contribution is 0.627. The van der Waals surface area contributed by atoms with Gasteiger partial charge in [0, 0.05) is 4.90 Å². The summed E-state index contributed by atoms with van der Waals surface area (Å²) in [7, 11) is 0. The van der Waals surface area contributed by atoms with E-state index in [0.29, 0.717) is 0 Å². The molecule has 19 heavy (non-hydrogen) atoms. The van der Waals surface area contributed by atoms with E-state index in [9.17, 15) is 4.39 Å². The quantitative estimate of drug-likeness (QED) is 0.712. The number of allylic oxidation sites excluding steroid dienone is 2. The molecular weight excluding hydrogens is 255 g/mol. The fourth-order valence-electron chi connectivity index (χ4n) is 2.69. The van der Waals surface area contributed by atoms with Crippen molar-refractivity contribution in [3.05, 3.63) is 65.5 Å². The number of rotatable bonds is 2. The molecule has 0 bridgehead atoms. The van der Waals surface area contributed by atoms with Crippen molar-refractivity contribution in [2.24, 2.45) is 0 Å². The third-order valence-electron chi connectivity index (χ3n) is 3.63. The Bertz CT molecular complexity index is 553. The summed E-state index contributed by atoms with van der Waals surface area (Å²) < 4.78 is 13.0. The van der Waals surface area contributed by atoms with Gasteiger partial charge < -0.3 is 0 Å². The summed E-state index contributed by atoms with van der Waals surface area (Å²) in [5.74, 6) is -0.177. The van der Waals surface area contributed by atoms with Gasteiger partial charge >= 0.3 is 0 Å². The van der Waals surface area contributed by atoms with Crippen molar-refractivity contribution in [2.45, 2.75) is 24.2 Å².